The van der Waals surface area contributed by atoms with E-state index < -0.39 is 10.0 Å². The third-order valence-corrected chi connectivity index (χ3v) is 9.12. The van der Waals surface area contributed by atoms with Crippen molar-refractivity contribution in [1.29, 1.82) is 0 Å². The van der Waals surface area contributed by atoms with E-state index >= 15 is 0 Å². The van der Waals surface area contributed by atoms with Gasteiger partial charge in [0, 0.05) is 34.4 Å². The number of piperidine rings is 1. The Morgan fingerprint density at radius 1 is 1.00 bits per heavy atom. The molecule has 35 heavy (non-hydrogen) atoms. The maximum Gasteiger partial charge on any atom is 0.252 e. The molecule has 1 aliphatic rings. The highest BCUT2D eigenvalue weighted by molar-refractivity contribution is 7.99. The number of halogens is 1. The number of benzene rings is 3. The van der Waals surface area contributed by atoms with Gasteiger partial charge in [-0.2, -0.15) is 4.31 Å². The first-order chi connectivity index (χ1) is 16.7. The van der Waals surface area contributed by atoms with Gasteiger partial charge in [0.15, 0.2) is 0 Å². The van der Waals surface area contributed by atoms with Crippen molar-refractivity contribution in [2.75, 3.05) is 13.1 Å². The molecule has 8 heteroatoms. The maximum absolute atomic E-state index is 13.5. The van der Waals surface area contributed by atoms with Crippen LogP contribution < -0.4 is 5.32 Å². The molecule has 184 valence electrons. The fraction of sp³-hybridized carbons (Fsp3) is 0.296. The van der Waals surface area contributed by atoms with Gasteiger partial charge in [0.25, 0.3) is 5.91 Å². The lowest BCUT2D eigenvalue weighted by atomic mass is 9.94. The van der Waals surface area contributed by atoms with Crippen LogP contribution in [0.5, 0.6) is 0 Å². The predicted octanol–water partition coefficient (Wildman–Crippen LogP) is 6.09. The van der Waals surface area contributed by atoms with Crippen LogP contribution >= 0.6 is 23.4 Å². The van der Waals surface area contributed by atoms with Gasteiger partial charge in [-0.1, -0.05) is 73.6 Å². The lowest BCUT2D eigenvalue weighted by molar-refractivity contribution is 0.0947. The first-order valence-electron chi connectivity index (χ1n) is 11.6. The largest absolute Gasteiger partial charge is 0.348 e. The molecule has 0 saturated carbocycles. The molecule has 0 aromatic heterocycles. The maximum atomic E-state index is 13.5. The molecule has 0 unspecified atom stereocenters. The van der Waals surface area contributed by atoms with Crippen LogP contribution in [-0.4, -0.2) is 31.7 Å². The topological polar surface area (TPSA) is 66.5 Å². The Kier molecular flexibility index (Phi) is 8.22. The molecule has 1 saturated heterocycles. The molecule has 3 aromatic carbocycles. The van der Waals surface area contributed by atoms with E-state index in [1.54, 1.807) is 22.5 Å². The molecule has 4 rings (SSSR count). The van der Waals surface area contributed by atoms with Gasteiger partial charge in [-0.25, -0.2) is 8.42 Å². The zero-order valence-corrected chi connectivity index (χ0v) is 22.2. The quantitative estimate of drug-likeness (QED) is 0.403. The number of hydrogen-bond acceptors (Lipinski definition) is 4. The average Bonchev–Trinajstić information content (AvgIpc) is 2.83. The number of nitrogens with zero attached hydrogens (tertiary/aromatic N) is 1. The van der Waals surface area contributed by atoms with Crippen molar-refractivity contribution in [3.8, 4) is 0 Å². The van der Waals surface area contributed by atoms with Crippen molar-refractivity contribution in [2.24, 2.45) is 11.8 Å². The minimum atomic E-state index is -3.72. The molecule has 1 N–H and O–H groups in total. The van der Waals surface area contributed by atoms with E-state index in [1.165, 1.54) is 17.8 Å². The Bertz CT molecular complexity index is 1290. The number of nitrogens with one attached hydrogen (secondary N) is 1. The fourth-order valence-electron chi connectivity index (χ4n) is 4.42. The van der Waals surface area contributed by atoms with E-state index in [0.717, 1.165) is 16.9 Å². The third-order valence-electron chi connectivity index (χ3n) is 5.99. The number of hydrogen-bond donors (Lipinski definition) is 1. The third kappa shape index (κ3) is 6.47. The molecule has 0 bridgehead atoms. The van der Waals surface area contributed by atoms with Crippen LogP contribution in [0.4, 0.5) is 0 Å². The molecule has 3 aromatic rings. The fourth-order valence-corrected chi connectivity index (χ4v) is 7.36. The minimum Gasteiger partial charge on any atom is -0.348 e. The van der Waals surface area contributed by atoms with Gasteiger partial charge in [0.2, 0.25) is 10.0 Å². The van der Waals surface area contributed by atoms with Gasteiger partial charge in [-0.05, 0) is 60.2 Å². The van der Waals surface area contributed by atoms with Crippen molar-refractivity contribution in [2.45, 2.75) is 41.5 Å². The van der Waals surface area contributed by atoms with E-state index in [9.17, 15) is 13.2 Å². The monoisotopic (exact) mass is 528 g/mol. The molecular weight excluding hydrogens is 500 g/mol. The Balaban J connectivity index is 1.67. The summed E-state index contributed by atoms with van der Waals surface area (Å²) in [6.07, 6.45) is 1.01. The van der Waals surface area contributed by atoms with Crippen LogP contribution in [0.2, 0.25) is 5.02 Å². The van der Waals surface area contributed by atoms with Crippen LogP contribution in [0.3, 0.4) is 0 Å². The molecule has 1 heterocycles. The van der Waals surface area contributed by atoms with Crippen molar-refractivity contribution in [3.63, 3.8) is 0 Å². The van der Waals surface area contributed by atoms with Crippen LogP contribution in [0.15, 0.2) is 87.5 Å². The smallest absolute Gasteiger partial charge is 0.252 e. The van der Waals surface area contributed by atoms with Crippen molar-refractivity contribution in [1.82, 2.24) is 9.62 Å². The van der Waals surface area contributed by atoms with Crippen LogP contribution in [0.25, 0.3) is 0 Å². The van der Waals surface area contributed by atoms with Gasteiger partial charge >= 0.3 is 0 Å². The second-order valence-corrected chi connectivity index (χ2v) is 12.6. The van der Waals surface area contributed by atoms with Crippen molar-refractivity contribution < 1.29 is 13.2 Å². The molecule has 0 spiro atoms. The first-order valence-corrected chi connectivity index (χ1v) is 14.3. The molecular formula is C27H29ClN2O3S2. The van der Waals surface area contributed by atoms with Crippen LogP contribution in [-0.2, 0) is 16.6 Å². The summed E-state index contributed by atoms with van der Waals surface area (Å²) < 4.78 is 28.6. The summed E-state index contributed by atoms with van der Waals surface area (Å²) in [5.41, 5.74) is 1.29. The number of carbonyl (C=O) groups excluding carboxylic acids is 1. The molecule has 1 amide bonds. The summed E-state index contributed by atoms with van der Waals surface area (Å²) in [4.78, 5) is 15.0. The van der Waals surface area contributed by atoms with Gasteiger partial charge < -0.3 is 5.32 Å². The zero-order valence-electron chi connectivity index (χ0n) is 19.8. The van der Waals surface area contributed by atoms with E-state index in [0.29, 0.717) is 47.0 Å². The predicted molar refractivity (Wildman–Crippen MR) is 141 cm³/mol. The first kappa shape index (κ1) is 25.8. The Labute approximate surface area is 216 Å². The van der Waals surface area contributed by atoms with Crippen LogP contribution in [0, 0.1) is 11.8 Å². The van der Waals surface area contributed by atoms with Crippen molar-refractivity contribution in [3.05, 3.63) is 88.9 Å². The SMILES string of the molecule is C[C@@H]1C[C@H](C)CN(S(=O)(=O)c2ccc(Sc3cccc(Cl)c3)c(C(=O)NCc3ccccc3)c2)C1. The second-order valence-electron chi connectivity index (χ2n) is 9.15. The van der Waals surface area contributed by atoms with Gasteiger partial charge in [0.05, 0.1) is 10.5 Å². The second kappa shape index (κ2) is 11.2. The number of carbonyl (C=O) groups is 1. The van der Waals surface area contributed by atoms with Gasteiger partial charge in [-0.3, -0.25) is 4.79 Å². The minimum absolute atomic E-state index is 0.138. The Morgan fingerprint density at radius 2 is 1.71 bits per heavy atom. The molecule has 0 radical (unpaired) electrons. The summed E-state index contributed by atoms with van der Waals surface area (Å²) >= 11 is 7.53. The van der Waals surface area contributed by atoms with Crippen molar-refractivity contribution >= 4 is 39.3 Å². The number of sulfonamides is 1. The molecule has 1 aliphatic heterocycles. The highest BCUT2D eigenvalue weighted by Crippen LogP contribution is 2.34. The summed E-state index contributed by atoms with van der Waals surface area (Å²) in [6, 6.07) is 21.8. The van der Waals surface area contributed by atoms with Gasteiger partial charge in [-0.15, -0.1) is 0 Å². The molecule has 5 nitrogen and oxygen atoms in total. The highest BCUT2D eigenvalue weighted by atomic mass is 35.5. The summed E-state index contributed by atoms with van der Waals surface area (Å²) in [6.45, 7) is 5.47. The summed E-state index contributed by atoms with van der Waals surface area (Å²) in [5.74, 6) is 0.260. The Hall–Kier alpha value is -2.32. The van der Waals surface area contributed by atoms with E-state index in [1.807, 2.05) is 48.5 Å². The normalized spacial score (nSPS) is 18.8. The molecule has 2 atom stereocenters. The lowest BCUT2D eigenvalue weighted by Gasteiger charge is -2.34. The van der Waals surface area contributed by atoms with E-state index in [2.05, 4.69) is 19.2 Å². The lowest BCUT2D eigenvalue weighted by Crippen LogP contribution is -2.42. The molecule has 1 fully saturated rings. The number of rotatable bonds is 7. The number of amides is 1. The van der Waals surface area contributed by atoms with Crippen LogP contribution in [0.1, 0.15) is 36.2 Å². The molecule has 0 aliphatic carbocycles. The summed E-state index contributed by atoms with van der Waals surface area (Å²) in [5, 5.41) is 3.53. The highest BCUT2D eigenvalue weighted by Gasteiger charge is 2.32. The van der Waals surface area contributed by atoms with E-state index in [-0.39, 0.29) is 10.8 Å². The zero-order chi connectivity index (χ0) is 25.0. The van der Waals surface area contributed by atoms with Gasteiger partial charge in [0.1, 0.15) is 0 Å². The standard InChI is InChI=1S/C27H29ClN2O3S2/c1-19-13-20(2)18-30(17-19)35(32,33)24-11-12-26(34-23-10-6-9-22(28)14-23)25(15-24)27(31)29-16-21-7-4-3-5-8-21/h3-12,14-15,19-20H,13,16-18H2,1-2H3,(H,29,31)/t19-,20+. The average molecular weight is 529 g/mol. The summed E-state index contributed by atoms with van der Waals surface area (Å²) in [7, 11) is -3.72. The van der Waals surface area contributed by atoms with E-state index in [4.69, 9.17) is 11.6 Å². The Morgan fingerprint density at radius 3 is 2.40 bits per heavy atom.